The summed E-state index contributed by atoms with van der Waals surface area (Å²) in [4.78, 5) is 0. The van der Waals surface area contributed by atoms with E-state index < -0.39 is 0 Å². The van der Waals surface area contributed by atoms with Crippen molar-refractivity contribution in [2.24, 2.45) is 5.92 Å². The van der Waals surface area contributed by atoms with Gasteiger partial charge in [-0.2, -0.15) is 0 Å². The Morgan fingerprint density at radius 3 is 2.80 bits per heavy atom. The van der Waals surface area contributed by atoms with Gasteiger partial charge in [-0.3, -0.25) is 0 Å². The van der Waals surface area contributed by atoms with Crippen LogP contribution in [0.4, 0.5) is 5.69 Å². The summed E-state index contributed by atoms with van der Waals surface area (Å²) in [6.07, 6.45) is 6.70. The lowest BCUT2D eigenvalue weighted by atomic mass is 9.84. The monoisotopic (exact) mass is 295 g/mol. The number of halogens is 1. The second kappa shape index (κ2) is 7.21. The normalized spacial score (nSPS) is 22.9. The fourth-order valence-corrected chi connectivity index (χ4v) is 3.19. The third-order valence-corrected chi connectivity index (χ3v) is 4.32. The van der Waals surface area contributed by atoms with E-state index in [4.69, 9.17) is 16.3 Å². The Morgan fingerprint density at radius 2 is 2.15 bits per heavy atom. The fraction of sp³-hybridized carbons (Fsp3) is 0.647. The van der Waals surface area contributed by atoms with Crippen LogP contribution in [0.25, 0.3) is 0 Å². The number of ether oxygens (including phenoxy) is 1. The Kier molecular flexibility index (Phi) is 5.59. The molecule has 1 N–H and O–H groups in total. The van der Waals surface area contributed by atoms with Crippen LogP contribution < -0.4 is 10.1 Å². The second-order valence-corrected chi connectivity index (χ2v) is 6.50. The van der Waals surface area contributed by atoms with Crippen LogP contribution in [-0.2, 0) is 0 Å². The predicted molar refractivity (Wildman–Crippen MR) is 86.9 cm³/mol. The van der Waals surface area contributed by atoms with Crippen molar-refractivity contribution < 1.29 is 4.74 Å². The highest BCUT2D eigenvalue weighted by Gasteiger charge is 2.20. The predicted octanol–water partition coefficient (Wildman–Crippen LogP) is 5.51. The van der Waals surface area contributed by atoms with Crippen molar-refractivity contribution in [1.82, 2.24) is 0 Å². The summed E-state index contributed by atoms with van der Waals surface area (Å²) in [6.45, 7) is 6.31. The standard InChI is InChI=1S/C17H26ClNO/c1-4-13-6-5-7-14(10-13)19-15-8-9-17(16(18)11-15)20-12(2)3/h8-9,11-14,19H,4-7,10H2,1-3H3. The van der Waals surface area contributed by atoms with E-state index >= 15 is 0 Å². The Bertz CT molecular complexity index is 433. The van der Waals surface area contributed by atoms with Crippen molar-refractivity contribution >= 4 is 17.3 Å². The Hall–Kier alpha value is -0.890. The van der Waals surface area contributed by atoms with E-state index in [0.717, 1.165) is 17.4 Å². The van der Waals surface area contributed by atoms with Crippen LogP contribution in [0.2, 0.25) is 5.02 Å². The largest absolute Gasteiger partial charge is 0.489 e. The minimum absolute atomic E-state index is 0.148. The van der Waals surface area contributed by atoms with Crippen LogP contribution in [0.3, 0.4) is 0 Å². The molecule has 0 aliphatic heterocycles. The summed E-state index contributed by atoms with van der Waals surface area (Å²) in [5.74, 6) is 1.64. The van der Waals surface area contributed by atoms with E-state index in [1.54, 1.807) is 0 Å². The van der Waals surface area contributed by atoms with Crippen LogP contribution in [0.5, 0.6) is 5.75 Å². The van der Waals surface area contributed by atoms with Gasteiger partial charge < -0.3 is 10.1 Å². The maximum atomic E-state index is 6.28. The van der Waals surface area contributed by atoms with Gasteiger partial charge in [-0.05, 0) is 50.8 Å². The maximum Gasteiger partial charge on any atom is 0.138 e. The molecule has 1 aromatic rings. The average molecular weight is 296 g/mol. The van der Waals surface area contributed by atoms with Gasteiger partial charge in [0.05, 0.1) is 11.1 Å². The quantitative estimate of drug-likeness (QED) is 0.773. The van der Waals surface area contributed by atoms with E-state index in [-0.39, 0.29) is 6.10 Å². The van der Waals surface area contributed by atoms with Gasteiger partial charge in [0.15, 0.2) is 0 Å². The molecule has 0 spiro atoms. The molecule has 2 atom stereocenters. The highest BCUT2D eigenvalue weighted by Crippen LogP contribution is 2.32. The van der Waals surface area contributed by atoms with Crippen molar-refractivity contribution in [3.8, 4) is 5.75 Å². The zero-order valence-corrected chi connectivity index (χ0v) is 13.5. The molecule has 2 nitrogen and oxygen atoms in total. The molecule has 1 saturated carbocycles. The minimum Gasteiger partial charge on any atom is -0.489 e. The third-order valence-electron chi connectivity index (χ3n) is 4.03. The summed E-state index contributed by atoms with van der Waals surface area (Å²) in [5, 5.41) is 4.31. The number of hydrogen-bond donors (Lipinski definition) is 1. The molecule has 0 heterocycles. The molecule has 0 saturated heterocycles. The second-order valence-electron chi connectivity index (χ2n) is 6.09. The first-order chi connectivity index (χ1) is 9.58. The molecular weight excluding hydrogens is 270 g/mol. The number of anilines is 1. The average Bonchev–Trinajstić information content (AvgIpc) is 2.42. The Labute approximate surface area is 127 Å². The van der Waals surface area contributed by atoms with Gasteiger partial charge in [-0.1, -0.05) is 37.8 Å². The smallest absolute Gasteiger partial charge is 0.138 e. The van der Waals surface area contributed by atoms with Gasteiger partial charge in [-0.15, -0.1) is 0 Å². The van der Waals surface area contributed by atoms with Gasteiger partial charge in [0.2, 0.25) is 0 Å². The molecule has 1 aromatic carbocycles. The van der Waals surface area contributed by atoms with Crippen LogP contribution in [0.15, 0.2) is 18.2 Å². The van der Waals surface area contributed by atoms with Gasteiger partial charge >= 0.3 is 0 Å². The van der Waals surface area contributed by atoms with Crippen LogP contribution in [-0.4, -0.2) is 12.1 Å². The number of hydrogen-bond acceptors (Lipinski definition) is 2. The SMILES string of the molecule is CCC1CCCC(Nc2ccc(OC(C)C)c(Cl)c2)C1. The zero-order chi connectivity index (χ0) is 14.5. The van der Waals surface area contributed by atoms with E-state index in [2.05, 4.69) is 18.3 Å². The molecule has 1 aliphatic rings. The summed E-state index contributed by atoms with van der Waals surface area (Å²) in [5.41, 5.74) is 1.10. The van der Waals surface area contributed by atoms with E-state index in [0.29, 0.717) is 11.1 Å². The molecule has 20 heavy (non-hydrogen) atoms. The molecule has 0 radical (unpaired) electrons. The molecular formula is C17H26ClNO. The highest BCUT2D eigenvalue weighted by atomic mass is 35.5. The first-order valence-electron chi connectivity index (χ1n) is 7.81. The molecule has 1 fully saturated rings. The van der Waals surface area contributed by atoms with Gasteiger partial charge in [0.25, 0.3) is 0 Å². The molecule has 0 bridgehead atoms. The molecule has 0 aromatic heterocycles. The summed E-state index contributed by atoms with van der Waals surface area (Å²) >= 11 is 6.28. The molecule has 2 unspecified atom stereocenters. The lowest BCUT2D eigenvalue weighted by Gasteiger charge is -2.30. The maximum absolute atomic E-state index is 6.28. The van der Waals surface area contributed by atoms with E-state index in [1.807, 2.05) is 26.0 Å². The lowest BCUT2D eigenvalue weighted by Crippen LogP contribution is -2.27. The van der Waals surface area contributed by atoms with Crippen LogP contribution in [0, 0.1) is 5.92 Å². The Balaban J connectivity index is 1.97. The molecule has 0 amide bonds. The first-order valence-corrected chi connectivity index (χ1v) is 8.19. The van der Waals surface area contributed by atoms with Crippen molar-refractivity contribution in [1.29, 1.82) is 0 Å². The lowest BCUT2D eigenvalue weighted by molar-refractivity contribution is 0.242. The van der Waals surface area contributed by atoms with E-state index in [9.17, 15) is 0 Å². The third kappa shape index (κ3) is 4.31. The molecule has 2 rings (SSSR count). The minimum atomic E-state index is 0.148. The summed E-state index contributed by atoms with van der Waals surface area (Å²) in [6, 6.07) is 6.60. The summed E-state index contributed by atoms with van der Waals surface area (Å²) in [7, 11) is 0. The number of benzene rings is 1. The topological polar surface area (TPSA) is 21.3 Å². The van der Waals surface area contributed by atoms with Gasteiger partial charge in [0.1, 0.15) is 5.75 Å². The van der Waals surface area contributed by atoms with E-state index in [1.165, 1.54) is 32.1 Å². The number of nitrogens with one attached hydrogen (secondary N) is 1. The van der Waals surface area contributed by atoms with Crippen LogP contribution in [0.1, 0.15) is 52.9 Å². The molecule has 3 heteroatoms. The fourth-order valence-electron chi connectivity index (χ4n) is 2.97. The van der Waals surface area contributed by atoms with Crippen molar-refractivity contribution in [3.63, 3.8) is 0 Å². The number of rotatable bonds is 5. The van der Waals surface area contributed by atoms with Crippen molar-refractivity contribution in [3.05, 3.63) is 23.2 Å². The van der Waals surface area contributed by atoms with Crippen molar-refractivity contribution in [2.45, 2.75) is 65.0 Å². The highest BCUT2D eigenvalue weighted by molar-refractivity contribution is 6.32. The van der Waals surface area contributed by atoms with Gasteiger partial charge in [0, 0.05) is 11.7 Å². The first kappa shape index (κ1) is 15.5. The summed E-state index contributed by atoms with van der Waals surface area (Å²) < 4.78 is 5.66. The Morgan fingerprint density at radius 1 is 1.35 bits per heavy atom. The van der Waals surface area contributed by atoms with Crippen molar-refractivity contribution in [2.75, 3.05) is 5.32 Å². The molecule has 112 valence electrons. The van der Waals surface area contributed by atoms with Gasteiger partial charge in [-0.25, -0.2) is 0 Å². The van der Waals surface area contributed by atoms with Crippen LogP contribution >= 0.6 is 11.6 Å². The zero-order valence-electron chi connectivity index (χ0n) is 12.8. The molecule has 1 aliphatic carbocycles.